The van der Waals surface area contributed by atoms with Crippen LogP contribution in [0.1, 0.15) is 61.9 Å². The van der Waals surface area contributed by atoms with Gasteiger partial charge in [-0.25, -0.2) is 4.79 Å². The Bertz CT molecular complexity index is 956. The topological polar surface area (TPSA) is 65.0 Å². The summed E-state index contributed by atoms with van der Waals surface area (Å²) in [7, 11) is 0. The van der Waals surface area contributed by atoms with Gasteiger partial charge in [0.1, 0.15) is 29.3 Å². The van der Waals surface area contributed by atoms with Gasteiger partial charge in [-0.15, -0.1) is 0 Å². The Morgan fingerprint density at radius 1 is 1.00 bits per heavy atom. The zero-order chi connectivity index (χ0) is 24.1. The lowest BCUT2D eigenvalue weighted by Gasteiger charge is -2.29. The van der Waals surface area contributed by atoms with E-state index in [0.29, 0.717) is 19.4 Å². The monoisotopic (exact) mass is 440 g/mol. The Balaban J connectivity index is 2.23. The lowest BCUT2D eigenvalue weighted by molar-refractivity contribution is -0.0455. The lowest BCUT2D eigenvalue weighted by atomic mass is 9.90. The van der Waals surface area contributed by atoms with E-state index in [-0.39, 0.29) is 5.75 Å². The van der Waals surface area contributed by atoms with Crippen LogP contribution in [0.3, 0.4) is 0 Å². The highest BCUT2D eigenvalue weighted by atomic mass is 16.7. The van der Waals surface area contributed by atoms with E-state index in [0.717, 1.165) is 33.6 Å². The predicted octanol–water partition coefficient (Wildman–Crippen LogP) is 6.73. The number of aromatic hydroxyl groups is 1. The average Bonchev–Trinajstić information content (AvgIpc) is 2.71. The van der Waals surface area contributed by atoms with Crippen LogP contribution in [0.5, 0.6) is 11.5 Å². The van der Waals surface area contributed by atoms with Gasteiger partial charge in [0, 0.05) is 5.56 Å². The van der Waals surface area contributed by atoms with Gasteiger partial charge in [0.05, 0.1) is 0 Å². The Labute approximate surface area is 192 Å². The number of phenols is 1. The van der Waals surface area contributed by atoms with Gasteiger partial charge >= 0.3 is 6.16 Å². The number of rotatable bonds is 8. The van der Waals surface area contributed by atoms with Crippen LogP contribution in [-0.4, -0.2) is 22.5 Å². The summed E-state index contributed by atoms with van der Waals surface area (Å²) in [5.74, 6) is 1.02. The molecule has 0 aliphatic carbocycles. The van der Waals surface area contributed by atoms with E-state index in [9.17, 15) is 9.90 Å². The molecule has 0 heterocycles. The third-order valence-electron chi connectivity index (χ3n) is 5.57. The van der Waals surface area contributed by atoms with Crippen LogP contribution in [0.25, 0.3) is 0 Å². The number of carbonyl (C=O) groups is 1. The summed E-state index contributed by atoms with van der Waals surface area (Å²) in [6.07, 6.45) is 1.76. The minimum atomic E-state index is -0.939. The molecule has 0 aliphatic rings. The smallest absolute Gasteiger partial charge is 0.507 e. The molecule has 1 atom stereocenters. The van der Waals surface area contributed by atoms with E-state index >= 15 is 0 Å². The van der Waals surface area contributed by atoms with E-state index in [2.05, 4.69) is 6.58 Å². The first-order valence-electron chi connectivity index (χ1n) is 10.9. The van der Waals surface area contributed by atoms with E-state index < -0.39 is 17.4 Å². The number of ether oxygens (including phenoxy) is 3. The van der Waals surface area contributed by atoms with Gasteiger partial charge in [-0.05, 0) is 89.6 Å². The third-order valence-corrected chi connectivity index (χ3v) is 5.57. The Morgan fingerprint density at radius 2 is 1.62 bits per heavy atom. The van der Waals surface area contributed by atoms with Crippen molar-refractivity contribution < 1.29 is 24.1 Å². The average molecular weight is 441 g/mol. The van der Waals surface area contributed by atoms with Crippen LogP contribution < -0.4 is 4.74 Å². The molecule has 0 aliphatic heterocycles. The van der Waals surface area contributed by atoms with E-state index in [1.165, 1.54) is 0 Å². The zero-order valence-electron chi connectivity index (χ0n) is 20.4. The van der Waals surface area contributed by atoms with Crippen molar-refractivity contribution in [3.8, 4) is 11.5 Å². The third kappa shape index (κ3) is 6.52. The molecule has 0 radical (unpaired) electrons. The minimum Gasteiger partial charge on any atom is -0.507 e. The molecule has 1 N–H and O–H groups in total. The highest BCUT2D eigenvalue weighted by molar-refractivity contribution is 5.61. The molecule has 0 bridgehead atoms. The van der Waals surface area contributed by atoms with Crippen molar-refractivity contribution in [2.75, 3.05) is 0 Å². The number of carbonyl (C=O) groups excluding carboxylic acids is 1. The van der Waals surface area contributed by atoms with Crippen LogP contribution in [0.15, 0.2) is 43.0 Å². The Morgan fingerprint density at radius 3 is 2.19 bits per heavy atom. The highest BCUT2D eigenvalue weighted by Crippen LogP contribution is 2.39. The van der Waals surface area contributed by atoms with E-state index in [4.69, 9.17) is 14.2 Å². The van der Waals surface area contributed by atoms with Crippen molar-refractivity contribution in [3.05, 3.63) is 70.8 Å². The van der Waals surface area contributed by atoms with Crippen LogP contribution in [0, 0.1) is 20.8 Å². The molecule has 0 amide bonds. The van der Waals surface area contributed by atoms with E-state index in [1.54, 1.807) is 33.8 Å². The SMILES string of the molecule is C=C[C@@](C)(CCc1c(C)c(OCc2ccccc2)c(C)c(C)c1O)OC(=O)OC(C)(C)C. The first-order valence-corrected chi connectivity index (χ1v) is 10.9. The largest absolute Gasteiger partial charge is 0.509 e. The molecule has 0 fully saturated rings. The number of hydrogen-bond acceptors (Lipinski definition) is 5. The maximum absolute atomic E-state index is 12.2. The van der Waals surface area contributed by atoms with Crippen LogP contribution in [-0.2, 0) is 22.5 Å². The summed E-state index contributed by atoms with van der Waals surface area (Å²) in [6, 6.07) is 9.96. The summed E-state index contributed by atoms with van der Waals surface area (Å²) in [5.41, 5.74) is 2.84. The molecule has 2 rings (SSSR count). The second kappa shape index (κ2) is 10.1. The van der Waals surface area contributed by atoms with Crippen LogP contribution in [0.2, 0.25) is 0 Å². The van der Waals surface area contributed by atoms with Crippen molar-refractivity contribution in [1.29, 1.82) is 0 Å². The van der Waals surface area contributed by atoms with Gasteiger partial charge in [-0.1, -0.05) is 36.9 Å². The summed E-state index contributed by atoms with van der Waals surface area (Å²) in [4.78, 5) is 12.2. The molecule has 0 spiro atoms. The molecule has 5 nitrogen and oxygen atoms in total. The quantitative estimate of drug-likeness (QED) is 0.364. The van der Waals surface area contributed by atoms with Gasteiger partial charge in [-0.3, -0.25) is 0 Å². The van der Waals surface area contributed by atoms with Gasteiger partial charge in [0.2, 0.25) is 0 Å². The summed E-state index contributed by atoms with van der Waals surface area (Å²) >= 11 is 0. The summed E-state index contributed by atoms with van der Waals surface area (Å²) in [5, 5.41) is 10.9. The van der Waals surface area contributed by atoms with Crippen molar-refractivity contribution in [2.45, 2.75) is 79.1 Å². The molecule has 0 saturated heterocycles. The molecular weight excluding hydrogens is 404 g/mol. The first-order chi connectivity index (χ1) is 14.9. The van der Waals surface area contributed by atoms with Crippen molar-refractivity contribution in [1.82, 2.24) is 0 Å². The number of benzene rings is 2. The van der Waals surface area contributed by atoms with Gasteiger partial charge in [0.25, 0.3) is 0 Å². The highest BCUT2D eigenvalue weighted by Gasteiger charge is 2.30. The second-order valence-electron chi connectivity index (χ2n) is 9.39. The molecule has 0 saturated carbocycles. The maximum atomic E-state index is 12.2. The van der Waals surface area contributed by atoms with Crippen molar-refractivity contribution >= 4 is 6.16 Å². The fraction of sp³-hybridized carbons (Fsp3) is 0.444. The van der Waals surface area contributed by atoms with Gasteiger partial charge < -0.3 is 19.3 Å². The van der Waals surface area contributed by atoms with Crippen LogP contribution >= 0.6 is 0 Å². The molecule has 2 aromatic rings. The van der Waals surface area contributed by atoms with Crippen LogP contribution in [0.4, 0.5) is 4.79 Å². The van der Waals surface area contributed by atoms with Crippen molar-refractivity contribution in [2.24, 2.45) is 0 Å². The minimum absolute atomic E-state index is 0.246. The molecule has 0 unspecified atom stereocenters. The summed E-state index contributed by atoms with van der Waals surface area (Å²) in [6.45, 7) is 17.2. The van der Waals surface area contributed by atoms with Crippen molar-refractivity contribution in [3.63, 3.8) is 0 Å². The fourth-order valence-corrected chi connectivity index (χ4v) is 3.45. The molecule has 174 valence electrons. The second-order valence-corrected chi connectivity index (χ2v) is 9.39. The molecule has 2 aromatic carbocycles. The molecule has 5 heteroatoms. The normalized spacial score (nSPS) is 13.2. The van der Waals surface area contributed by atoms with E-state index in [1.807, 2.05) is 51.1 Å². The first kappa shape index (κ1) is 25.3. The summed E-state index contributed by atoms with van der Waals surface area (Å²) < 4.78 is 17.0. The number of hydrogen-bond donors (Lipinski definition) is 1. The molecule has 32 heavy (non-hydrogen) atoms. The standard InChI is InChI=1S/C27H36O5/c1-9-27(8,32-25(29)31-26(5,6)7)16-15-22-20(4)24(19(3)18(2)23(22)28)30-17-21-13-11-10-12-14-21/h9-14,28H,1,15-17H2,2-8H3/t27-/m0/s1. The van der Waals surface area contributed by atoms with Gasteiger partial charge in [-0.2, -0.15) is 0 Å². The Kier molecular flexibility index (Phi) is 8.00. The fourth-order valence-electron chi connectivity index (χ4n) is 3.45. The van der Waals surface area contributed by atoms with Gasteiger partial charge in [0.15, 0.2) is 0 Å². The lowest BCUT2D eigenvalue weighted by Crippen LogP contribution is -2.34. The zero-order valence-corrected chi connectivity index (χ0v) is 20.4. The molecule has 0 aromatic heterocycles. The Hall–Kier alpha value is -2.95. The predicted molar refractivity (Wildman–Crippen MR) is 127 cm³/mol. The maximum Gasteiger partial charge on any atom is 0.509 e. The number of phenolic OH excluding ortho intramolecular Hbond substituents is 1. The molecular formula is C27H36O5.